The quantitative estimate of drug-likeness (QED) is 0.751. The molecule has 2 saturated heterocycles. The predicted octanol–water partition coefficient (Wildman–Crippen LogP) is 2.17. The van der Waals surface area contributed by atoms with Gasteiger partial charge < -0.3 is 14.8 Å². The summed E-state index contributed by atoms with van der Waals surface area (Å²) in [7, 11) is 2.22. The zero-order chi connectivity index (χ0) is 19.1. The second-order valence-corrected chi connectivity index (χ2v) is 7.46. The maximum absolute atomic E-state index is 8.78. The highest BCUT2D eigenvalue weighted by atomic mass is 15.4. The molecule has 0 unspecified atom stereocenters. The van der Waals surface area contributed by atoms with Gasteiger partial charge >= 0.3 is 0 Å². The molecule has 8 nitrogen and oxygen atoms in total. The first-order valence-corrected chi connectivity index (χ1v) is 9.25. The Morgan fingerprint density at radius 2 is 1.82 bits per heavy atom. The van der Waals surface area contributed by atoms with Crippen molar-refractivity contribution in [3.8, 4) is 11.8 Å². The Morgan fingerprint density at radius 3 is 2.43 bits per heavy atom. The van der Waals surface area contributed by atoms with E-state index >= 15 is 0 Å². The normalized spacial score (nSPS) is 17.6. The Balaban J connectivity index is 1.25. The topological polar surface area (TPSA) is 85.9 Å². The highest BCUT2D eigenvalue weighted by molar-refractivity contribution is 5.56. The Morgan fingerprint density at radius 1 is 1.04 bits per heavy atom. The highest BCUT2D eigenvalue weighted by Gasteiger charge is 2.51. The standard InChI is InChI=1S/C20H20N8/c1-26-7-6-20(26)12-28(13-20)17-4-2-16(3-5-17)27-11-19(24-14-27)25-18-10-22-15(8-21)9-23-18/h2-5,9-11,14H,6-7,12-13H2,1H3,(H,23,25). The molecule has 1 spiro atoms. The Hall–Kier alpha value is -3.44. The van der Waals surface area contributed by atoms with Gasteiger partial charge in [0.05, 0.1) is 24.1 Å². The van der Waals surface area contributed by atoms with Gasteiger partial charge in [-0.15, -0.1) is 0 Å². The maximum Gasteiger partial charge on any atom is 0.158 e. The van der Waals surface area contributed by atoms with Crippen molar-refractivity contribution in [3.63, 3.8) is 0 Å². The van der Waals surface area contributed by atoms with Crippen LogP contribution in [0.5, 0.6) is 0 Å². The average molecular weight is 372 g/mol. The monoisotopic (exact) mass is 372 g/mol. The zero-order valence-electron chi connectivity index (χ0n) is 15.6. The van der Waals surface area contributed by atoms with Gasteiger partial charge in [0.25, 0.3) is 0 Å². The molecule has 2 fully saturated rings. The molecule has 28 heavy (non-hydrogen) atoms. The first-order chi connectivity index (χ1) is 13.6. The van der Waals surface area contributed by atoms with Crippen LogP contribution >= 0.6 is 0 Å². The molecule has 0 saturated carbocycles. The van der Waals surface area contributed by atoms with Gasteiger partial charge in [0.2, 0.25) is 0 Å². The third kappa shape index (κ3) is 2.77. The lowest BCUT2D eigenvalue weighted by Crippen LogP contribution is -2.75. The lowest BCUT2D eigenvalue weighted by molar-refractivity contribution is -0.0127. The van der Waals surface area contributed by atoms with Crippen LogP contribution in [-0.2, 0) is 0 Å². The van der Waals surface area contributed by atoms with E-state index in [1.54, 1.807) is 6.33 Å². The number of nitrogens with zero attached hydrogens (tertiary/aromatic N) is 7. The van der Waals surface area contributed by atoms with Crippen LogP contribution in [0.1, 0.15) is 12.1 Å². The molecule has 0 atom stereocenters. The van der Waals surface area contributed by atoms with Crippen molar-refractivity contribution >= 4 is 17.3 Å². The third-order valence-electron chi connectivity index (χ3n) is 5.81. The molecule has 4 heterocycles. The van der Waals surface area contributed by atoms with E-state index < -0.39 is 0 Å². The number of benzene rings is 1. The molecule has 1 N–H and O–H groups in total. The minimum absolute atomic E-state index is 0.285. The van der Waals surface area contributed by atoms with Crippen LogP contribution in [0.3, 0.4) is 0 Å². The summed E-state index contributed by atoms with van der Waals surface area (Å²) in [6.07, 6.45) is 7.92. The van der Waals surface area contributed by atoms with Crippen LogP contribution in [0, 0.1) is 11.3 Å². The van der Waals surface area contributed by atoms with E-state index in [-0.39, 0.29) is 5.69 Å². The zero-order valence-corrected chi connectivity index (χ0v) is 15.6. The fourth-order valence-corrected chi connectivity index (χ4v) is 3.84. The van der Waals surface area contributed by atoms with Gasteiger partial charge in [0.15, 0.2) is 5.69 Å². The molecule has 0 radical (unpaired) electrons. The number of rotatable bonds is 4. The molecule has 0 amide bonds. The largest absolute Gasteiger partial charge is 0.368 e. The average Bonchev–Trinajstić information content (AvgIpc) is 3.15. The van der Waals surface area contributed by atoms with Gasteiger partial charge in [-0.05, 0) is 37.7 Å². The van der Waals surface area contributed by atoms with E-state index in [0.717, 1.165) is 18.8 Å². The van der Waals surface area contributed by atoms with Gasteiger partial charge in [-0.1, -0.05) is 0 Å². The SMILES string of the molecule is CN1CCC12CN(c1ccc(-n3cnc(Nc4cnc(C#N)cn4)c3)cc1)C2. The molecule has 1 aromatic carbocycles. The van der Waals surface area contributed by atoms with E-state index in [0.29, 0.717) is 17.2 Å². The van der Waals surface area contributed by atoms with E-state index in [1.165, 1.54) is 31.0 Å². The number of likely N-dealkylation sites (N-methyl/N-ethyl adjacent to an activating group) is 1. The van der Waals surface area contributed by atoms with Crippen molar-refractivity contribution in [2.75, 3.05) is 36.9 Å². The molecule has 140 valence electrons. The van der Waals surface area contributed by atoms with Gasteiger partial charge in [-0.3, -0.25) is 4.90 Å². The fourth-order valence-electron chi connectivity index (χ4n) is 3.84. The van der Waals surface area contributed by atoms with Gasteiger partial charge in [0.1, 0.15) is 24.0 Å². The van der Waals surface area contributed by atoms with Crippen LogP contribution in [0.25, 0.3) is 5.69 Å². The summed E-state index contributed by atoms with van der Waals surface area (Å²) in [6.45, 7) is 3.46. The molecule has 5 rings (SSSR count). The Kier molecular flexibility index (Phi) is 3.77. The van der Waals surface area contributed by atoms with Gasteiger partial charge in [-0.25, -0.2) is 15.0 Å². The number of nitriles is 1. The van der Waals surface area contributed by atoms with Crippen LogP contribution in [-0.4, -0.2) is 56.6 Å². The fraction of sp³-hybridized carbons (Fsp3) is 0.300. The van der Waals surface area contributed by atoms with Crippen LogP contribution < -0.4 is 10.2 Å². The first-order valence-electron chi connectivity index (χ1n) is 9.25. The molecule has 2 aliphatic heterocycles. The van der Waals surface area contributed by atoms with E-state index in [9.17, 15) is 0 Å². The number of anilines is 3. The minimum atomic E-state index is 0.285. The van der Waals surface area contributed by atoms with Crippen molar-refractivity contribution in [2.45, 2.75) is 12.0 Å². The highest BCUT2D eigenvalue weighted by Crippen LogP contribution is 2.40. The Labute approximate surface area is 163 Å². The Bertz CT molecular complexity index is 1030. The summed E-state index contributed by atoms with van der Waals surface area (Å²) in [5.74, 6) is 1.22. The minimum Gasteiger partial charge on any atom is -0.368 e. The molecule has 3 aromatic rings. The van der Waals surface area contributed by atoms with E-state index in [1.807, 2.05) is 16.8 Å². The molecular weight excluding hydrogens is 352 g/mol. The lowest BCUT2D eigenvalue weighted by Gasteiger charge is -2.62. The van der Waals surface area contributed by atoms with Crippen molar-refractivity contribution in [1.82, 2.24) is 24.4 Å². The number of aromatic nitrogens is 4. The molecule has 2 aromatic heterocycles. The van der Waals surface area contributed by atoms with Crippen LogP contribution in [0.2, 0.25) is 0 Å². The summed E-state index contributed by atoms with van der Waals surface area (Å²) in [4.78, 5) is 17.4. The summed E-state index contributed by atoms with van der Waals surface area (Å²) in [5.41, 5.74) is 3.03. The smallest absolute Gasteiger partial charge is 0.158 e. The number of hydrogen-bond acceptors (Lipinski definition) is 7. The van der Waals surface area contributed by atoms with Gasteiger partial charge in [0, 0.05) is 31.0 Å². The number of likely N-dealkylation sites (tertiary alicyclic amines) is 1. The summed E-state index contributed by atoms with van der Waals surface area (Å²) in [6, 6.07) is 10.5. The maximum atomic E-state index is 8.78. The summed E-state index contributed by atoms with van der Waals surface area (Å²) < 4.78 is 1.96. The van der Waals surface area contributed by atoms with Crippen molar-refractivity contribution in [1.29, 1.82) is 5.26 Å². The third-order valence-corrected chi connectivity index (χ3v) is 5.81. The number of hydrogen-bond donors (Lipinski definition) is 1. The first kappa shape index (κ1) is 16.7. The molecule has 0 bridgehead atoms. The van der Waals surface area contributed by atoms with E-state index in [2.05, 4.69) is 61.4 Å². The van der Waals surface area contributed by atoms with Crippen LogP contribution in [0.15, 0.2) is 49.2 Å². The number of nitrogens with one attached hydrogen (secondary N) is 1. The van der Waals surface area contributed by atoms with Crippen molar-refractivity contribution < 1.29 is 0 Å². The second kappa shape index (κ2) is 6.32. The van der Waals surface area contributed by atoms with Crippen molar-refractivity contribution in [3.05, 3.63) is 54.9 Å². The molecular formula is C20H20N8. The predicted molar refractivity (Wildman–Crippen MR) is 106 cm³/mol. The second-order valence-electron chi connectivity index (χ2n) is 7.46. The summed E-state index contributed by atoms with van der Waals surface area (Å²) >= 11 is 0. The lowest BCUT2D eigenvalue weighted by atomic mass is 9.78. The van der Waals surface area contributed by atoms with E-state index in [4.69, 9.17) is 5.26 Å². The summed E-state index contributed by atoms with van der Waals surface area (Å²) in [5, 5.41) is 11.9. The number of imidazole rings is 1. The molecule has 2 aliphatic rings. The molecule has 8 heteroatoms. The van der Waals surface area contributed by atoms with Crippen LogP contribution in [0.4, 0.5) is 17.3 Å². The molecule has 0 aliphatic carbocycles. The van der Waals surface area contributed by atoms with Gasteiger partial charge in [-0.2, -0.15) is 5.26 Å². The van der Waals surface area contributed by atoms with Crippen molar-refractivity contribution in [2.24, 2.45) is 0 Å².